The molecule has 5 heteroatoms. The van der Waals surface area contributed by atoms with Gasteiger partial charge in [-0.15, -0.1) is 22.7 Å². The summed E-state index contributed by atoms with van der Waals surface area (Å²) in [7, 11) is 0. The fourth-order valence-electron chi connectivity index (χ4n) is 1.67. The van der Waals surface area contributed by atoms with Crippen LogP contribution >= 0.6 is 38.6 Å². The first-order valence-electron chi connectivity index (χ1n) is 5.05. The summed E-state index contributed by atoms with van der Waals surface area (Å²) >= 11 is 6.81. The number of rotatable bonds is 3. The monoisotopic (exact) mass is 315 g/mol. The zero-order chi connectivity index (χ0) is 11.2. The molecular weight excluding hydrogens is 306 g/mol. The first-order valence-corrected chi connectivity index (χ1v) is 7.60. The second-order valence-electron chi connectivity index (χ2n) is 4.11. The zero-order valence-corrected chi connectivity index (χ0v) is 11.7. The number of aliphatic hydroxyl groups is 1. The SMILES string of the molecule is OCC1(c2nc(-c3cc(Br)cs3)cs2)CC1. The van der Waals surface area contributed by atoms with E-state index in [9.17, 15) is 5.11 Å². The van der Waals surface area contributed by atoms with Crippen molar-refractivity contribution in [3.05, 3.63) is 26.3 Å². The molecular formula is C11H10BrNOS2. The van der Waals surface area contributed by atoms with Gasteiger partial charge in [0.25, 0.3) is 0 Å². The quantitative estimate of drug-likeness (QED) is 0.937. The molecule has 1 aliphatic rings. The predicted molar refractivity (Wildman–Crippen MR) is 71.1 cm³/mol. The molecule has 2 heterocycles. The van der Waals surface area contributed by atoms with Gasteiger partial charge in [0.15, 0.2) is 0 Å². The molecule has 1 saturated carbocycles. The molecule has 1 N–H and O–H groups in total. The van der Waals surface area contributed by atoms with Crippen LogP contribution in [-0.2, 0) is 5.41 Å². The molecule has 0 saturated heterocycles. The van der Waals surface area contributed by atoms with Crippen LogP contribution in [0, 0.1) is 0 Å². The highest BCUT2D eigenvalue weighted by molar-refractivity contribution is 9.10. The van der Waals surface area contributed by atoms with E-state index in [2.05, 4.69) is 37.7 Å². The fourth-order valence-corrected chi connectivity index (χ4v) is 4.20. The van der Waals surface area contributed by atoms with Crippen LogP contribution in [0.1, 0.15) is 17.8 Å². The van der Waals surface area contributed by atoms with Crippen LogP contribution in [0.15, 0.2) is 21.3 Å². The Labute approximate surface area is 110 Å². The Morgan fingerprint density at radius 2 is 2.19 bits per heavy atom. The van der Waals surface area contributed by atoms with E-state index in [1.165, 1.54) is 4.88 Å². The molecule has 16 heavy (non-hydrogen) atoms. The lowest BCUT2D eigenvalue weighted by Crippen LogP contribution is -2.11. The average molecular weight is 316 g/mol. The van der Waals surface area contributed by atoms with Crippen molar-refractivity contribution < 1.29 is 5.11 Å². The van der Waals surface area contributed by atoms with Gasteiger partial charge in [0.05, 0.1) is 17.2 Å². The highest BCUT2D eigenvalue weighted by atomic mass is 79.9. The molecule has 1 aliphatic carbocycles. The van der Waals surface area contributed by atoms with Crippen molar-refractivity contribution in [1.82, 2.24) is 4.98 Å². The molecule has 0 bridgehead atoms. The van der Waals surface area contributed by atoms with Gasteiger partial charge in [-0.3, -0.25) is 0 Å². The van der Waals surface area contributed by atoms with E-state index >= 15 is 0 Å². The number of thiazole rings is 1. The lowest BCUT2D eigenvalue weighted by molar-refractivity contribution is 0.255. The Bertz CT molecular complexity index is 516. The maximum Gasteiger partial charge on any atom is 0.102 e. The van der Waals surface area contributed by atoms with Gasteiger partial charge in [-0.25, -0.2) is 4.98 Å². The summed E-state index contributed by atoms with van der Waals surface area (Å²) in [6.45, 7) is 0.230. The Balaban J connectivity index is 1.94. The summed E-state index contributed by atoms with van der Waals surface area (Å²) in [5, 5.41) is 14.6. The van der Waals surface area contributed by atoms with Crippen molar-refractivity contribution in [2.75, 3.05) is 6.61 Å². The van der Waals surface area contributed by atoms with Gasteiger partial charge in [-0.05, 0) is 34.8 Å². The van der Waals surface area contributed by atoms with Crippen molar-refractivity contribution in [3.8, 4) is 10.6 Å². The molecule has 0 spiro atoms. The summed E-state index contributed by atoms with van der Waals surface area (Å²) in [5.74, 6) is 0. The van der Waals surface area contributed by atoms with Crippen LogP contribution < -0.4 is 0 Å². The number of hydrogen-bond donors (Lipinski definition) is 1. The van der Waals surface area contributed by atoms with E-state index in [0.29, 0.717) is 0 Å². The van der Waals surface area contributed by atoms with Crippen LogP contribution in [0.5, 0.6) is 0 Å². The zero-order valence-electron chi connectivity index (χ0n) is 8.44. The van der Waals surface area contributed by atoms with E-state index in [-0.39, 0.29) is 12.0 Å². The van der Waals surface area contributed by atoms with Gasteiger partial charge in [0.1, 0.15) is 5.01 Å². The molecule has 0 aliphatic heterocycles. The van der Waals surface area contributed by atoms with Crippen LogP contribution in [0.2, 0.25) is 0 Å². The maximum absolute atomic E-state index is 9.36. The van der Waals surface area contributed by atoms with Crippen molar-refractivity contribution in [3.63, 3.8) is 0 Å². The summed E-state index contributed by atoms with van der Waals surface area (Å²) in [4.78, 5) is 5.83. The number of thiophene rings is 1. The van der Waals surface area contributed by atoms with Crippen molar-refractivity contribution >= 4 is 38.6 Å². The molecule has 2 aromatic rings. The van der Waals surface area contributed by atoms with Crippen LogP contribution in [0.4, 0.5) is 0 Å². The molecule has 84 valence electrons. The second kappa shape index (κ2) is 3.91. The Morgan fingerprint density at radius 3 is 2.75 bits per heavy atom. The third kappa shape index (κ3) is 1.76. The minimum absolute atomic E-state index is 0.00257. The van der Waals surface area contributed by atoms with Gasteiger partial charge in [-0.2, -0.15) is 0 Å². The van der Waals surface area contributed by atoms with E-state index in [4.69, 9.17) is 0 Å². The molecule has 0 radical (unpaired) electrons. The lowest BCUT2D eigenvalue weighted by Gasteiger charge is -2.05. The molecule has 2 aromatic heterocycles. The maximum atomic E-state index is 9.36. The Kier molecular flexibility index (Phi) is 2.66. The molecule has 0 amide bonds. The average Bonchev–Trinajstić information content (AvgIpc) is 2.74. The highest BCUT2D eigenvalue weighted by Gasteiger charge is 2.46. The van der Waals surface area contributed by atoms with Crippen molar-refractivity contribution in [2.24, 2.45) is 0 Å². The minimum atomic E-state index is -0.00257. The molecule has 0 atom stereocenters. The fraction of sp³-hybridized carbons (Fsp3) is 0.364. The van der Waals surface area contributed by atoms with E-state index in [0.717, 1.165) is 28.0 Å². The third-order valence-electron chi connectivity index (χ3n) is 2.93. The lowest BCUT2D eigenvalue weighted by atomic mass is 10.1. The Hall–Kier alpha value is -0.230. The topological polar surface area (TPSA) is 33.1 Å². The van der Waals surface area contributed by atoms with Gasteiger partial charge >= 0.3 is 0 Å². The largest absolute Gasteiger partial charge is 0.395 e. The number of aliphatic hydroxyl groups excluding tert-OH is 1. The third-order valence-corrected chi connectivity index (χ3v) is 5.74. The molecule has 2 nitrogen and oxygen atoms in total. The van der Waals surface area contributed by atoms with E-state index in [1.54, 1.807) is 22.7 Å². The van der Waals surface area contributed by atoms with Gasteiger partial charge < -0.3 is 5.11 Å². The summed E-state index contributed by atoms with van der Waals surface area (Å²) < 4.78 is 1.10. The molecule has 1 fully saturated rings. The predicted octanol–water partition coefficient (Wildman–Crippen LogP) is 3.66. The number of halogens is 1. The van der Waals surface area contributed by atoms with Gasteiger partial charge in [0.2, 0.25) is 0 Å². The highest BCUT2D eigenvalue weighted by Crippen LogP contribution is 2.49. The first-order chi connectivity index (χ1) is 7.73. The second-order valence-corrected chi connectivity index (χ2v) is 6.79. The van der Waals surface area contributed by atoms with Crippen LogP contribution in [0.25, 0.3) is 10.6 Å². The standard InChI is InChI=1S/C11H10BrNOS2/c12-7-3-9(15-4-7)8-5-16-10(13-8)11(6-14)1-2-11/h3-5,14H,1-2,6H2. The van der Waals surface area contributed by atoms with E-state index in [1.807, 2.05) is 0 Å². The van der Waals surface area contributed by atoms with Crippen molar-refractivity contribution in [1.29, 1.82) is 0 Å². The first kappa shape index (κ1) is 10.9. The smallest absolute Gasteiger partial charge is 0.102 e. The molecule has 3 rings (SSSR count). The van der Waals surface area contributed by atoms with Crippen LogP contribution in [-0.4, -0.2) is 16.7 Å². The summed E-state index contributed by atoms with van der Waals surface area (Å²) in [6, 6.07) is 2.09. The van der Waals surface area contributed by atoms with Gasteiger partial charge in [-0.1, -0.05) is 0 Å². The van der Waals surface area contributed by atoms with Crippen LogP contribution in [0.3, 0.4) is 0 Å². The van der Waals surface area contributed by atoms with Gasteiger partial charge in [0, 0.05) is 20.6 Å². The summed E-state index contributed by atoms with van der Waals surface area (Å²) in [6.07, 6.45) is 2.15. The Morgan fingerprint density at radius 1 is 1.38 bits per heavy atom. The summed E-state index contributed by atoms with van der Waals surface area (Å²) in [5.41, 5.74) is 1.03. The number of nitrogens with zero attached hydrogens (tertiary/aromatic N) is 1. The van der Waals surface area contributed by atoms with E-state index < -0.39 is 0 Å². The normalized spacial score (nSPS) is 17.6. The van der Waals surface area contributed by atoms with Crippen molar-refractivity contribution in [2.45, 2.75) is 18.3 Å². The molecule has 0 unspecified atom stereocenters. The number of aromatic nitrogens is 1. The molecule has 0 aromatic carbocycles. The number of hydrogen-bond acceptors (Lipinski definition) is 4. The minimum Gasteiger partial charge on any atom is -0.395 e.